The molecular weight excluding hydrogens is 386 g/mol. The van der Waals surface area contributed by atoms with E-state index in [9.17, 15) is 4.79 Å². The van der Waals surface area contributed by atoms with Crippen molar-refractivity contribution in [2.75, 3.05) is 44.7 Å². The molecule has 2 aromatic carbocycles. The van der Waals surface area contributed by atoms with Crippen LogP contribution in [0.15, 0.2) is 54.6 Å². The lowest BCUT2D eigenvalue weighted by molar-refractivity contribution is -0.123. The van der Waals surface area contributed by atoms with Crippen molar-refractivity contribution in [3.8, 4) is 5.75 Å². The first-order valence-corrected chi connectivity index (χ1v) is 11.7. The average Bonchev–Trinajstić information content (AvgIpc) is 3.18. The molecule has 0 aromatic heterocycles. The van der Waals surface area contributed by atoms with Crippen molar-refractivity contribution < 1.29 is 9.53 Å². The Bertz CT molecular complexity index is 824. The molecular formula is C26H35N3O2. The molecule has 2 unspecified atom stereocenters. The van der Waals surface area contributed by atoms with Gasteiger partial charge in [-0.05, 0) is 61.6 Å². The number of methoxy groups -OCH3 is 1. The first-order chi connectivity index (χ1) is 15.2. The Morgan fingerprint density at radius 2 is 1.81 bits per heavy atom. The predicted molar refractivity (Wildman–Crippen MR) is 126 cm³/mol. The minimum atomic E-state index is 0.151. The van der Waals surface area contributed by atoms with Crippen molar-refractivity contribution in [2.45, 2.75) is 38.1 Å². The highest BCUT2D eigenvalue weighted by molar-refractivity contribution is 5.78. The minimum absolute atomic E-state index is 0.151. The van der Waals surface area contributed by atoms with Crippen LogP contribution >= 0.6 is 0 Å². The van der Waals surface area contributed by atoms with E-state index in [-0.39, 0.29) is 5.91 Å². The van der Waals surface area contributed by atoms with E-state index in [0.717, 1.165) is 51.2 Å². The van der Waals surface area contributed by atoms with E-state index >= 15 is 0 Å². The van der Waals surface area contributed by atoms with Crippen LogP contribution in [-0.4, -0.2) is 50.6 Å². The van der Waals surface area contributed by atoms with E-state index in [0.29, 0.717) is 18.5 Å². The molecule has 2 saturated heterocycles. The normalized spacial score (nSPS) is 22.2. The second-order valence-corrected chi connectivity index (χ2v) is 8.85. The molecule has 0 bridgehead atoms. The highest BCUT2D eigenvalue weighted by atomic mass is 16.5. The van der Waals surface area contributed by atoms with Gasteiger partial charge in [-0.1, -0.05) is 43.2 Å². The second-order valence-electron chi connectivity index (χ2n) is 8.85. The molecule has 166 valence electrons. The Labute approximate surface area is 186 Å². The lowest BCUT2D eigenvalue weighted by atomic mass is 10.0. The van der Waals surface area contributed by atoms with Crippen molar-refractivity contribution in [3.05, 3.63) is 60.2 Å². The lowest BCUT2D eigenvalue weighted by Gasteiger charge is -2.30. The van der Waals surface area contributed by atoms with Crippen LogP contribution in [0.2, 0.25) is 0 Å². The molecule has 2 fully saturated rings. The van der Waals surface area contributed by atoms with Crippen molar-refractivity contribution in [3.63, 3.8) is 0 Å². The van der Waals surface area contributed by atoms with Gasteiger partial charge >= 0.3 is 0 Å². The summed E-state index contributed by atoms with van der Waals surface area (Å²) in [6, 6.07) is 19.2. The molecule has 1 N–H and O–H groups in total. The summed E-state index contributed by atoms with van der Waals surface area (Å²) in [5, 5.41) is 3.23. The maximum atomic E-state index is 12.8. The smallest absolute Gasteiger partial charge is 0.234 e. The number of benzene rings is 2. The van der Waals surface area contributed by atoms with E-state index in [1.807, 2.05) is 12.1 Å². The van der Waals surface area contributed by atoms with E-state index in [1.165, 1.54) is 24.1 Å². The minimum Gasteiger partial charge on any atom is -0.497 e. The number of nitrogens with one attached hydrogen (secondary N) is 1. The Hall–Kier alpha value is -2.53. The fourth-order valence-corrected chi connectivity index (χ4v) is 4.93. The molecule has 2 atom stereocenters. The fourth-order valence-electron chi connectivity index (χ4n) is 4.93. The van der Waals surface area contributed by atoms with E-state index < -0.39 is 0 Å². The quantitative estimate of drug-likeness (QED) is 0.726. The first-order valence-electron chi connectivity index (χ1n) is 11.7. The number of carbonyl (C=O) groups excluding carboxylic acids is 1. The van der Waals surface area contributed by atoms with Gasteiger partial charge in [0.15, 0.2) is 0 Å². The summed E-state index contributed by atoms with van der Waals surface area (Å²) in [4.78, 5) is 17.6. The van der Waals surface area contributed by atoms with Gasteiger partial charge in [-0.2, -0.15) is 0 Å². The van der Waals surface area contributed by atoms with Crippen molar-refractivity contribution in [1.82, 2.24) is 10.2 Å². The number of likely N-dealkylation sites (tertiary alicyclic amines) is 1. The third-order valence-corrected chi connectivity index (χ3v) is 6.71. The van der Waals surface area contributed by atoms with Crippen LogP contribution in [0.4, 0.5) is 5.69 Å². The third kappa shape index (κ3) is 5.79. The van der Waals surface area contributed by atoms with E-state index in [2.05, 4.69) is 57.6 Å². The maximum absolute atomic E-state index is 12.8. The van der Waals surface area contributed by atoms with Crippen molar-refractivity contribution in [1.29, 1.82) is 0 Å². The SMILES string of the molecule is COc1ccc(C2CCCCCN2CC(=O)NCC2CCN(c3ccccc3)C2)cc1. The number of para-hydroxylation sites is 1. The molecule has 1 amide bonds. The number of amides is 1. The second kappa shape index (κ2) is 10.7. The van der Waals surface area contributed by atoms with E-state index in [1.54, 1.807) is 7.11 Å². The Kier molecular flexibility index (Phi) is 7.47. The van der Waals surface area contributed by atoms with Gasteiger partial charge in [0.05, 0.1) is 13.7 Å². The number of hydrogen-bond acceptors (Lipinski definition) is 4. The molecule has 0 spiro atoms. The summed E-state index contributed by atoms with van der Waals surface area (Å²) < 4.78 is 5.31. The maximum Gasteiger partial charge on any atom is 0.234 e. The Morgan fingerprint density at radius 1 is 1.00 bits per heavy atom. The molecule has 0 radical (unpaired) electrons. The van der Waals surface area contributed by atoms with Crippen LogP contribution in [0.5, 0.6) is 5.75 Å². The molecule has 31 heavy (non-hydrogen) atoms. The van der Waals surface area contributed by atoms with Gasteiger partial charge in [-0.3, -0.25) is 9.69 Å². The lowest BCUT2D eigenvalue weighted by Crippen LogP contribution is -2.41. The van der Waals surface area contributed by atoms with Crippen LogP contribution in [0, 0.1) is 5.92 Å². The molecule has 4 rings (SSSR count). The zero-order chi connectivity index (χ0) is 21.5. The zero-order valence-corrected chi connectivity index (χ0v) is 18.6. The number of nitrogens with zero attached hydrogens (tertiary/aromatic N) is 2. The Balaban J connectivity index is 1.30. The van der Waals surface area contributed by atoms with Crippen LogP contribution in [0.3, 0.4) is 0 Å². The molecule has 2 aliphatic rings. The molecule has 0 aliphatic carbocycles. The molecule has 2 aromatic rings. The Morgan fingerprint density at radius 3 is 2.58 bits per heavy atom. The summed E-state index contributed by atoms with van der Waals surface area (Å²) >= 11 is 0. The fraction of sp³-hybridized carbons (Fsp3) is 0.500. The zero-order valence-electron chi connectivity index (χ0n) is 18.6. The van der Waals surface area contributed by atoms with Gasteiger partial charge in [-0.25, -0.2) is 0 Å². The van der Waals surface area contributed by atoms with Crippen LogP contribution in [0.1, 0.15) is 43.7 Å². The van der Waals surface area contributed by atoms with Gasteiger partial charge in [0.2, 0.25) is 5.91 Å². The monoisotopic (exact) mass is 421 g/mol. The third-order valence-electron chi connectivity index (χ3n) is 6.71. The van der Waals surface area contributed by atoms with Gasteiger partial charge in [0, 0.05) is 31.4 Å². The summed E-state index contributed by atoms with van der Waals surface area (Å²) in [7, 11) is 1.70. The van der Waals surface area contributed by atoms with Gasteiger partial charge in [0.1, 0.15) is 5.75 Å². The average molecular weight is 422 g/mol. The molecule has 5 heteroatoms. The van der Waals surface area contributed by atoms with Crippen molar-refractivity contribution >= 4 is 11.6 Å². The van der Waals surface area contributed by atoms with Crippen LogP contribution < -0.4 is 15.0 Å². The topological polar surface area (TPSA) is 44.8 Å². The predicted octanol–water partition coefficient (Wildman–Crippen LogP) is 4.26. The van der Waals surface area contributed by atoms with Crippen molar-refractivity contribution in [2.24, 2.45) is 5.92 Å². The number of rotatable bonds is 7. The first kappa shape index (κ1) is 21.7. The summed E-state index contributed by atoms with van der Waals surface area (Å²) in [5.74, 6) is 1.55. The standard InChI is InChI=1S/C26H35N3O2/c1-31-24-13-11-22(12-14-24)25-10-6-3-7-16-29(25)20-26(30)27-18-21-15-17-28(19-21)23-8-4-2-5-9-23/h2,4-5,8-9,11-14,21,25H,3,6-7,10,15-20H2,1H3,(H,27,30). The number of hydrogen-bond donors (Lipinski definition) is 1. The van der Waals surface area contributed by atoms with Crippen LogP contribution in [-0.2, 0) is 4.79 Å². The van der Waals surface area contributed by atoms with Crippen LogP contribution in [0.25, 0.3) is 0 Å². The molecule has 5 nitrogen and oxygen atoms in total. The van der Waals surface area contributed by atoms with E-state index in [4.69, 9.17) is 4.74 Å². The number of carbonyl (C=O) groups is 1. The largest absolute Gasteiger partial charge is 0.497 e. The number of ether oxygens (including phenoxy) is 1. The highest BCUT2D eigenvalue weighted by Crippen LogP contribution is 2.31. The van der Waals surface area contributed by atoms with Gasteiger partial charge in [0.25, 0.3) is 0 Å². The summed E-state index contributed by atoms with van der Waals surface area (Å²) in [5.41, 5.74) is 2.56. The molecule has 2 aliphatic heterocycles. The van der Waals surface area contributed by atoms with Gasteiger partial charge < -0.3 is 15.0 Å². The summed E-state index contributed by atoms with van der Waals surface area (Å²) in [6.45, 7) is 4.31. The summed E-state index contributed by atoms with van der Waals surface area (Å²) in [6.07, 6.45) is 5.85. The highest BCUT2D eigenvalue weighted by Gasteiger charge is 2.26. The molecule has 2 heterocycles. The van der Waals surface area contributed by atoms with Gasteiger partial charge in [-0.15, -0.1) is 0 Å². The number of anilines is 1. The molecule has 0 saturated carbocycles.